The van der Waals surface area contributed by atoms with E-state index in [1.54, 1.807) is 0 Å². The van der Waals surface area contributed by atoms with Crippen molar-refractivity contribution in [2.75, 3.05) is 5.32 Å². The fraction of sp³-hybridized carbons (Fsp3) is 0.333. The number of hydrogen-bond acceptors (Lipinski definition) is 5. The van der Waals surface area contributed by atoms with Gasteiger partial charge in [-0.3, -0.25) is 4.79 Å². The Morgan fingerprint density at radius 3 is 2.61 bits per heavy atom. The van der Waals surface area contributed by atoms with E-state index in [1.807, 2.05) is 0 Å². The van der Waals surface area contributed by atoms with E-state index in [2.05, 4.69) is 10.4 Å². The molecule has 10 heteroatoms. The van der Waals surface area contributed by atoms with Crippen molar-refractivity contribution in [3.63, 3.8) is 0 Å². The minimum absolute atomic E-state index is 0.000649. The number of nitrogens with one attached hydrogen (secondary N) is 1. The van der Waals surface area contributed by atoms with E-state index in [1.165, 1.54) is 38.4 Å². The van der Waals surface area contributed by atoms with Crippen LogP contribution in [0.15, 0.2) is 41.3 Å². The molecule has 1 aliphatic rings. The number of fused-ring (bicyclic) bond motifs is 2. The standard InChI is InChI=1S/C21H19F4N3O3/c1-10-8-20(31,21(23,24)25)18(12-6-7-14(22)17(29)16(10)12)27-15-5-3-4-11-13(15)9-26-28(2)19(11)30/h3-7,9-10,18,27,29,31H,8H2,1-2H3/t10-,18+,20-/m1/s1. The lowest BCUT2D eigenvalue weighted by Crippen LogP contribution is -2.55. The van der Waals surface area contributed by atoms with Crippen LogP contribution < -0.4 is 10.9 Å². The number of hydrogen-bond donors (Lipinski definition) is 3. The number of aliphatic hydroxyl groups is 1. The third kappa shape index (κ3) is 3.13. The molecule has 0 unspecified atom stereocenters. The number of anilines is 1. The molecule has 164 valence electrons. The summed E-state index contributed by atoms with van der Waals surface area (Å²) in [5.74, 6) is -2.66. The highest BCUT2D eigenvalue weighted by atomic mass is 19.4. The van der Waals surface area contributed by atoms with Crippen molar-refractivity contribution in [3.05, 3.63) is 63.8 Å². The van der Waals surface area contributed by atoms with Gasteiger partial charge >= 0.3 is 6.18 Å². The highest BCUT2D eigenvalue weighted by Gasteiger charge is 2.62. The second kappa shape index (κ2) is 6.94. The predicted octanol–water partition coefficient (Wildman–Crippen LogP) is 3.73. The topological polar surface area (TPSA) is 87.4 Å². The quantitative estimate of drug-likeness (QED) is 0.532. The molecule has 3 N–H and O–H groups in total. The first-order chi connectivity index (χ1) is 14.5. The summed E-state index contributed by atoms with van der Waals surface area (Å²) in [5, 5.41) is 28.1. The van der Waals surface area contributed by atoms with Crippen LogP contribution in [-0.2, 0) is 7.05 Å². The number of phenolic OH excluding ortho intramolecular Hbond substituents is 1. The molecule has 0 saturated carbocycles. The second-order valence-corrected chi connectivity index (χ2v) is 7.84. The summed E-state index contributed by atoms with van der Waals surface area (Å²) in [5.41, 5.74) is -3.59. The number of aryl methyl sites for hydroxylation is 1. The van der Waals surface area contributed by atoms with Crippen LogP contribution in [-0.4, -0.2) is 31.8 Å². The monoisotopic (exact) mass is 437 g/mol. The third-order valence-corrected chi connectivity index (χ3v) is 5.88. The first-order valence-corrected chi connectivity index (χ1v) is 9.47. The van der Waals surface area contributed by atoms with Gasteiger partial charge in [0.05, 0.1) is 17.6 Å². The maximum Gasteiger partial charge on any atom is 0.419 e. The fourth-order valence-electron chi connectivity index (χ4n) is 4.33. The number of aromatic hydroxyl groups is 1. The highest BCUT2D eigenvalue weighted by Crippen LogP contribution is 2.54. The van der Waals surface area contributed by atoms with Crippen molar-refractivity contribution >= 4 is 16.5 Å². The Balaban J connectivity index is 1.94. The van der Waals surface area contributed by atoms with Gasteiger partial charge in [-0.1, -0.05) is 19.1 Å². The Bertz CT molecular complexity index is 1240. The molecular weight excluding hydrogens is 418 g/mol. The number of nitrogens with zero attached hydrogens (tertiary/aromatic N) is 2. The second-order valence-electron chi connectivity index (χ2n) is 7.84. The average Bonchev–Trinajstić information content (AvgIpc) is 2.69. The molecular formula is C21H19F4N3O3. The normalized spacial score (nSPS) is 23.6. The summed E-state index contributed by atoms with van der Waals surface area (Å²) in [6, 6.07) is 4.68. The summed E-state index contributed by atoms with van der Waals surface area (Å²) < 4.78 is 57.2. The molecule has 0 spiro atoms. The fourth-order valence-corrected chi connectivity index (χ4v) is 4.33. The summed E-state index contributed by atoms with van der Waals surface area (Å²) >= 11 is 0. The van der Waals surface area contributed by atoms with Crippen LogP contribution in [0.3, 0.4) is 0 Å². The molecule has 0 saturated heterocycles. The van der Waals surface area contributed by atoms with E-state index < -0.39 is 47.3 Å². The minimum atomic E-state index is -5.03. The van der Waals surface area contributed by atoms with Gasteiger partial charge in [-0.15, -0.1) is 0 Å². The van der Waals surface area contributed by atoms with Crippen LogP contribution in [0.1, 0.15) is 36.4 Å². The van der Waals surface area contributed by atoms with Gasteiger partial charge in [0.25, 0.3) is 5.56 Å². The molecule has 31 heavy (non-hydrogen) atoms. The Morgan fingerprint density at radius 1 is 1.23 bits per heavy atom. The Hall–Kier alpha value is -3.14. The van der Waals surface area contributed by atoms with Crippen molar-refractivity contribution in [3.8, 4) is 5.75 Å². The maximum atomic E-state index is 14.1. The summed E-state index contributed by atoms with van der Waals surface area (Å²) in [4.78, 5) is 12.4. The smallest absolute Gasteiger partial charge is 0.419 e. The molecule has 6 nitrogen and oxygen atoms in total. The molecule has 3 atom stereocenters. The number of rotatable bonds is 2. The van der Waals surface area contributed by atoms with Crippen LogP contribution in [0.25, 0.3) is 10.8 Å². The van der Waals surface area contributed by atoms with Gasteiger partial charge in [0, 0.05) is 23.7 Å². The molecule has 0 bridgehead atoms. The Labute approximate surface area is 173 Å². The number of benzene rings is 2. The van der Waals surface area contributed by atoms with E-state index in [9.17, 15) is 32.6 Å². The van der Waals surface area contributed by atoms with Gasteiger partial charge in [-0.05, 0) is 36.1 Å². The van der Waals surface area contributed by atoms with E-state index in [-0.39, 0.29) is 27.6 Å². The van der Waals surface area contributed by atoms with Gasteiger partial charge in [0.1, 0.15) is 0 Å². The number of phenols is 1. The molecule has 3 aromatic rings. The predicted molar refractivity (Wildman–Crippen MR) is 105 cm³/mol. The number of halogens is 4. The van der Waals surface area contributed by atoms with Crippen LogP contribution in [0.4, 0.5) is 23.2 Å². The average molecular weight is 437 g/mol. The van der Waals surface area contributed by atoms with E-state index in [4.69, 9.17) is 0 Å². The molecule has 1 aromatic heterocycles. The van der Waals surface area contributed by atoms with Crippen molar-refractivity contribution in [1.29, 1.82) is 0 Å². The molecule has 0 fully saturated rings. The lowest BCUT2D eigenvalue weighted by atomic mass is 9.70. The van der Waals surface area contributed by atoms with Crippen LogP contribution in [0.5, 0.6) is 5.75 Å². The lowest BCUT2D eigenvalue weighted by molar-refractivity contribution is -0.272. The molecule has 0 amide bonds. The summed E-state index contributed by atoms with van der Waals surface area (Å²) in [6.45, 7) is 1.39. The summed E-state index contributed by atoms with van der Waals surface area (Å²) in [7, 11) is 1.44. The molecule has 1 aliphatic carbocycles. The van der Waals surface area contributed by atoms with Gasteiger partial charge < -0.3 is 15.5 Å². The third-order valence-electron chi connectivity index (χ3n) is 5.88. The number of aromatic nitrogens is 2. The van der Waals surface area contributed by atoms with Gasteiger partial charge in [0.15, 0.2) is 17.2 Å². The van der Waals surface area contributed by atoms with Gasteiger partial charge in [0.2, 0.25) is 0 Å². The summed E-state index contributed by atoms with van der Waals surface area (Å²) in [6.07, 6.45) is -4.48. The van der Waals surface area contributed by atoms with E-state index >= 15 is 0 Å². The lowest BCUT2D eigenvalue weighted by Gasteiger charge is -2.45. The molecule has 0 radical (unpaired) electrons. The van der Waals surface area contributed by atoms with Gasteiger partial charge in [-0.2, -0.15) is 18.3 Å². The zero-order chi connectivity index (χ0) is 22.7. The van der Waals surface area contributed by atoms with Crippen LogP contribution in [0.2, 0.25) is 0 Å². The first kappa shape index (κ1) is 21.1. The maximum absolute atomic E-state index is 14.1. The van der Waals surface area contributed by atoms with Crippen molar-refractivity contribution in [2.45, 2.75) is 37.1 Å². The molecule has 4 rings (SSSR count). The van der Waals surface area contributed by atoms with Crippen molar-refractivity contribution < 1.29 is 27.8 Å². The first-order valence-electron chi connectivity index (χ1n) is 9.47. The van der Waals surface area contributed by atoms with Gasteiger partial charge in [-0.25, -0.2) is 9.07 Å². The van der Waals surface area contributed by atoms with Crippen LogP contribution in [0, 0.1) is 5.82 Å². The zero-order valence-electron chi connectivity index (χ0n) is 16.5. The van der Waals surface area contributed by atoms with Crippen molar-refractivity contribution in [2.24, 2.45) is 7.05 Å². The SMILES string of the molecule is C[C@@H]1C[C@](O)(C(F)(F)F)[C@@H](Nc2cccc3c(=O)n(C)ncc23)c2ccc(F)c(O)c21. The number of alkyl halides is 3. The minimum Gasteiger partial charge on any atom is -0.505 e. The Morgan fingerprint density at radius 2 is 1.94 bits per heavy atom. The van der Waals surface area contributed by atoms with Crippen LogP contribution >= 0.6 is 0 Å². The molecule has 1 heterocycles. The highest BCUT2D eigenvalue weighted by molar-refractivity contribution is 5.92. The largest absolute Gasteiger partial charge is 0.505 e. The van der Waals surface area contributed by atoms with Crippen molar-refractivity contribution in [1.82, 2.24) is 9.78 Å². The van der Waals surface area contributed by atoms with E-state index in [0.717, 1.165) is 16.8 Å². The molecule has 2 aromatic carbocycles. The van der Waals surface area contributed by atoms with E-state index in [0.29, 0.717) is 0 Å². The Kier molecular flexibility index (Phi) is 4.73. The molecule has 0 aliphatic heterocycles. The zero-order valence-corrected chi connectivity index (χ0v) is 16.5.